The van der Waals surface area contributed by atoms with Crippen LogP contribution in [0.4, 0.5) is 0 Å². The van der Waals surface area contributed by atoms with E-state index in [4.69, 9.17) is 28.3 Å². The van der Waals surface area contributed by atoms with Crippen molar-refractivity contribution in [1.29, 1.82) is 0 Å². The van der Waals surface area contributed by atoms with Crippen LogP contribution in [0.2, 0.25) is 10.0 Å². The molecule has 0 aliphatic heterocycles. The van der Waals surface area contributed by atoms with E-state index in [1.807, 2.05) is 13.8 Å². The Morgan fingerprint density at radius 2 is 1.75 bits per heavy atom. The Labute approximate surface area is 127 Å². The molecule has 0 aliphatic rings. The third-order valence-corrected chi connectivity index (χ3v) is 5.22. The molecule has 0 bridgehead atoms. The van der Waals surface area contributed by atoms with Gasteiger partial charge in [-0.1, -0.05) is 37.0 Å². The van der Waals surface area contributed by atoms with Crippen molar-refractivity contribution in [2.24, 2.45) is 5.92 Å². The van der Waals surface area contributed by atoms with Crippen LogP contribution >= 0.6 is 23.2 Å². The number of benzene rings is 1. The first-order valence-electron chi connectivity index (χ1n) is 5.81. The summed E-state index contributed by atoms with van der Waals surface area (Å²) in [5, 5.41) is 8.74. The fourth-order valence-corrected chi connectivity index (χ4v) is 3.59. The highest BCUT2D eigenvalue weighted by Crippen LogP contribution is 2.29. The van der Waals surface area contributed by atoms with Crippen molar-refractivity contribution >= 4 is 39.2 Å². The second-order valence-corrected chi connectivity index (χ2v) is 7.22. The van der Waals surface area contributed by atoms with Crippen LogP contribution < -0.4 is 4.72 Å². The second-order valence-electron chi connectivity index (χ2n) is 4.72. The first-order chi connectivity index (χ1) is 9.06. The van der Waals surface area contributed by atoms with E-state index in [0.717, 1.165) is 12.1 Å². The molecule has 0 aliphatic carbocycles. The Kier molecular flexibility index (Phi) is 5.43. The molecular formula is C12H15Cl2NO4S. The predicted molar refractivity (Wildman–Crippen MR) is 78.0 cm³/mol. The van der Waals surface area contributed by atoms with Gasteiger partial charge in [-0.15, -0.1) is 0 Å². The fraction of sp³-hybridized carbons (Fsp3) is 0.417. The van der Waals surface area contributed by atoms with Gasteiger partial charge in [0.15, 0.2) is 0 Å². The van der Waals surface area contributed by atoms with E-state index in [1.165, 1.54) is 0 Å². The molecule has 1 unspecified atom stereocenters. The van der Waals surface area contributed by atoms with Crippen LogP contribution in [0.15, 0.2) is 17.0 Å². The monoisotopic (exact) mass is 339 g/mol. The zero-order valence-corrected chi connectivity index (χ0v) is 13.5. The highest BCUT2D eigenvalue weighted by atomic mass is 35.5. The highest BCUT2D eigenvalue weighted by Gasteiger charge is 2.24. The molecule has 0 amide bonds. The second kappa shape index (κ2) is 6.30. The summed E-state index contributed by atoms with van der Waals surface area (Å²) in [4.78, 5) is 10.7. The predicted octanol–water partition coefficient (Wildman–Crippen LogP) is 3.01. The Morgan fingerprint density at radius 3 is 2.20 bits per heavy atom. The molecule has 112 valence electrons. The molecule has 8 heteroatoms. The third-order valence-electron chi connectivity index (χ3n) is 2.88. The van der Waals surface area contributed by atoms with Gasteiger partial charge in [-0.3, -0.25) is 0 Å². The van der Waals surface area contributed by atoms with Gasteiger partial charge in [0, 0.05) is 6.04 Å². The summed E-state index contributed by atoms with van der Waals surface area (Å²) in [6, 6.07) is 1.75. The zero-order valence-electron chi connectivity index (χ0n) is 11.1. The van der Waals surface area contributed by atoms with E-state index in [1.54, 1.807) is 6.92 Å². The van der Waals surface area contributed by atoms with Crippen LogP contribution in [-0.4, -0.2) is 25.5 Å². The normalized spacial score (nSPS) is 13.5. The average molecular weight is 340 g/mol. The number of rotatable bonds is 5. The van der Waals surface area contributed by atoms with Gasteiger partial charge in [0.2, 0.25) is 10.0 Å². The average Bonchev–Trinajstić information content (AvgIpc) is 2.26. The molecule has 1 atom stereocenters. The number of carboxylic acids is 1. The first kappa shape index (κ1) is 17.2. The van der Waals surface area contributed by atoms with Gasteiger partial charge in [0.05, 0.1) is 15.6 Å². The lowest BCUT2D eigenvalue weighted by Gasteiger charge is -2.18. The molecule has 0 heterocycles. The molecule has 1 rings (SSSR count). The molecule has 0 radical (unpaired) electrons. The molecule has 2 N–H and O–H groups in total. The molecule has 5 nitrogen and oxygen atoms in total. The highest BCUT2D eigenvalue weighted by molar-refractivity contribution is 7.89. The maximum absolute atomic E-state index is 12.2. The SMILES string of the molecule is CC(C)C(C)NS(=O)(=O)c1cc(C(=O)O)c(Cl)cc1Cl. The van der Waals surface area contributed by atoms with Crippen molar-refractivity contribution in [2.75, 3.05) is 0 Å². The molecule has 0 spiro atoms. The van der Waals surface area contributed by atoms with Crippen molar-refractivity contribution in [1.82, 2.24) is 4.72 Å². The first-order valence-corrected chi connectivity index (χ1v) is 8.05. The van der Waals surface area contributed by atoms with Crippen LogP contribution in [-0.2, 0) is 10.0 Å². The molecular weight excluding hydrogens is 325 g/mol. The van der Waals surface area contributed by atoms with Gasteiger partial charge in [-0.2, -0.15) is 0 Å². The fourth-order valence-electron chi connectivity index (χ4n) is 1.34. The number of halogens is 2. The molecule has 1 aromatic rings. The molecule has 0 fully saturated rings. The maximum atomic E-state index is 12.2. The van der Waals surface area contributed by atoms with Crippen LogP contribution in [0.1, 0.15) is 31.1 Å². The Bertz CT molecular complexity index is 629. The lowest BCUT2D eigenvalue weighted by molar-refractivity contribution is 0.0697. The van der Waals surface area contributed by atoms with E-state index in [0.29, 0.717) is 0 Å². The van der Waals surface area contributed by atoms with Crippen molar-refractivity contribution in [3.8, 4) is 0 Å². The summed E-state index contributed by atoms with van der Waals surface area (Å²) >= 11 is 11.6. The smallest absolute Gasteiger partial charge is 0.337 e. The summed E-state index contributed by atoms with van der Waals surface area (Å²) in [6.45, 7) is 5.43. The van der Waals surface area contributed by atoms with Gasteiger partial charge in [0.1, 0.15) is 4.90 Å². The standard InChI is InChI=1S/C12H15Cl2NO4S/c1-6(2)7(3)15-20(18,19)11-4-8(12(16)17)9(13)5-10(11)14/h4-7,15H,1-3H3,(H,16,17). The topological polar surface area (TPSA) is 83.5 Å². The molecule has 0 saturated carbocycles. The number of aromatic carboxylic acids is 1. The zero-order chi connectivity index (χ0) is 15.7. The maximum Gasteiger partial charge on any atom is 0.337 e. The largest absolute Gasteiger partial charge is 0.478 e. The van der Waals surface area contributed by atoms with Crippen molar-refractivity contribution in [3.05, 3.63) is 27.7 Å². The minimum absolute atomic E-state index is 0.0785. The summed E-state index contributed by atoms with van der Waals surface area (Å²) in [7, 11) is -3.91. The molecule has 20 heavy (non-hydrogen) atoms. The number of sulfonamides is 1. The van der Waals surface area contributed by atoms with Gasteiger partial charge < -0.3 is 5.11 Å². The quantitative estimate of drug-likeness (QED) is 0.863. The number of hydrogen-bond donors (Lipinski definition) is 2. The Balaban J connectivity index is 3.32. The number of nitrogens with one attached hydrogen (secondary N) is 1. The third kappa shape index (κ3) is 3.85. The van der Waals surface area contributed by atoms with E-state index in [9.17, 15) is 13.2 Å². The van der Waals surface area contributed by atoms with E-state index in [-0.39, 0.29) is 32.5 Å². The Morgan fingerprint density at radius 1 is 1.20 bits per heavy atom. The van der Waals surface area contributed by atoms with Crippen LogP contribution in [0.3, 0.4) is 0 Å². The number of hydrogen-bond acceptors (Lipinski definition) is 3. The Hall–Kier alpha value is -0.820. The van der Waals surface area contributed by atoms with E-state index >= 15 is 0 Å². The summed E-state index contributed by atoms with van der Waals surface area (Å²) < 4.78 is 26.9. The van der Waals surface area contributed by atoms with E-state index < -0.39 is 16.0 Å². The lowest BCUT2D eigenvalue weighted by Crippen LogP contribution is -2.36. The van der Waals surface area contributed by atoms with E-state index in [2.05, 4.69) is 4.72 Å². The summed E-state index contributed by atoms with van der Waals surface area (Å²) in [6.07, 6.45) is 0. The van der Waals surface area contributed by atoms with Crippen LogP contribution in [0, 0.1) is 5.92 Å². The molecule has 0 aromatic heterocycles. The van der Waals surface area contributed by atoms with Crippen molar-refractivity contribution in [3.63, 3.8) is 0 Å². The molecule has 0 saturated heterocycles. The molecule has 1 aromatic carbocycles. The van der Waals surface area contributed by atoms with Crippen molar-refractivity contribution in [2.45, 2.75) is 31.7 Å². The number of carbonyl (C=O) groups is 1. The van der Waals surface area contributed by atoms with Crippen molar-refractivity contribution < 1.29 is 18.3 Å². The summed E-state index contributed by atoms with van der Waals surface area (Å²) in [5.74, 6) is -1.24. The van der Waals surface area contributed by atoms with Gasteiger partial charge >= 0.3 is 5.97 Å². The number of carboxylic acid groups (broad SMARTS) is 1. The van der Waals surface area contributed by atoms with Crippen LogP contribution in [0.25, 0.3) is 0 Å². The van der Waals surface area contributed by atoms with Gasteiger partial charge in [-0.05, 0) is 25.0 Å². The lowest BCUT2D eigenvalue weighted by atomic mass is 10.1. The minimum atomic E-state index is -3.91. The van der Waals surface area contributed by atoms with Crippen LogP contribution in [0.5, 0.6) is 0 Å². The minimum Gasteiger partial charge on any atom is -0.478 e. The summed E-state index contributed by atoms with van der Waals surface area (Å²) in [5.41, 5.74) is -0.311. The van der Waals surface area contributed by atoms with Gasteiger partial charge in [0.25, 0.3) is 0 Å². The van der Waals surface area contributed by atoms with Gasteiger partial charge in [-0.25, -0.2) is 17.9 Å².